The number of hydrogen-bond acceptors (Lipinski definition) is 4. The van der Waals surface area contributed by atoms with Crippen LogP contribution in [0.15, 0.2) is 47.4 Å². The maximum Gasteiger partial charge on any atom is 0.262 e. The number of thioether (sulfide) groups is 1. The zero-order chi connectivity index (χ0) is 15.2. The summed E-state index contributed by atoms with van der Waals surface area (Å²) in [5.41, 5.74) is 6.16. The van der Waals surface area contributed by atoms with E-state index in [0.717, 1.165) is 11.0 Å². The van der Waals surface area contributed by atoms with E-state index in [9.17, 15) is 9.18 Å². The van der Waals surface area contributed by atoms with E-state index in [2.05, 4.69) is 5.32 Å². The topological polar surface area (TPSA) is 64.3 Å². The van der Waals surface area contributed by atoms with Crippen molar-refractivity contribution in [1.29, 1.82) is 0 Å². The van der Waals surface area contributed by atoms with Crippen LogP contribution in [0, 0.1) is 5.82 Å². The minimum absolute atomic E-state index is 0.144. The molecule has 21 heavy (non-hydrogen) atoms. The molecule has 0 unspecified atom stereocenters. The Morgan fingerprint density at radius 2 is 2.10 bits per heavy atom. The lowest BCUT2D eigenvalue weighted by Gasteiger charge is -2.11. The second-order valence-corrected chi connectivity index (χ2v) is 5.07. The predicted molar refractivity (Wildman–Crippen MR) is 83.2 cm³/mol. The van der Waals surface area contributed by atoms with Gasteiger partial charge < -0.3 is 15.8 Å². The molecule has 0 aliphatic rings. The molecule has 0 fully saturated rings. The van der Waals surface area contributed by atoms with Crippen molar-refractivity contribution in [2.24, 2.45) is 0 Å². The molecule has 0 spiro atoms. The number of carbonyl (C=O) groups excluding carboxylic acids is 1. The molecule has 2 aromatic rings. The third-order valence-electron chi connectivity index (χ3n) is 2.72. The molecule has 0 saturated carbocycles. The van der Waals surface area contributed by atoms with Crippen LogP contribution in [0.2, 0.25) is 0 Å². The van der Waals surface area contributed by atoms with Gasteiger partial charge in [-0.25, -0.2) is 4.39 Å². The molecule has 0 aliphatic heterocycles. The van der Waals surface area contributed by atoms with E-state index in [1.807, 2.05) is 24.5 Å². The van der Waals surface area contributed by atoms with Gasteiger partial charge in [-0.15, -0.1) is 11.8 Å². The van der Waals surface area contributed by atoms with Crippen LogP contribution in [0.3, 0.4) is 0 Å². The molecule has 3 N–H and O–H groups in total. The monoisotopic (exact) mass is 306 g/mol. The summed E-state index contributed by atoms with van der Waals surface area (Å²) >= 11 is 1.54. The fourth-order valence-electron chi connectivity index (χ4n) is 1.72. The van der Waals surface area contributed by atoms with Gasteiger partial charge in [0.25, 0.3) is 5.91 Å². The van der Waals surface area contributed by atoms with Gasteiger partial charge in [-0.1, -0.05) is 12.1 Å². The fourth-order valence-corrected chi connectivity index (χ4v) is 2.26. The summed E-state index contributed by atoms with van der Waals surface area (Å²) in [5, 5.41) is 2.58. The van der Waals surface area contributed by atoms with Gasteiger partial charge in [0.15, 0.2) is 6.61 Å². The normalized spacial score (nSPS) is 10.2. The number of ether oxygens (including phenoxy) is 1. The van der Waals surface area contributed by atoms with Crippen LogP contribution < -0.4 is 15.8 Å². The molecule has 0 aliphatic carbocycles. The second kappa shape index (κ2) is 6.99. The lowest BCUT2D eigenvalue weighted by Crippen LogP contribution is -2.21. The van der Waals surface area contributed by atoms with Crippen LogP contribution in [0.25, 0.3) is 0 Å². The number of hydrogen-bond donors (Lipinski definition) is 2. The van der Waals surface area contributed by atoms with Crippen molar-refractivity contribution < 1.29 is 13.9 Å². The number of anilines is 2. The van der Waals surface area contributed by atoms with E-state index in [-0.39, 0.29) is 18.2 Å². The number of benzene rings is 2. The van der Waals surface area contributed by atoms with Crippen molar-refractivity contribution in [2.45, 2.75) is 4.90 Å². The minimum Gasteiger partial charge on any atom is -0.483 e. The van der Waals surface area contributed by atoms with Gasteiger partial charge in [0.2, 0.25) is 0 Å². The van der Waals surface area contributed by atoms with Crippen molar-refractivity contribution in [2.75, 3.05) is 23.9 Å². The molecular weight excluding hydrogens is 291 g/mol. The standard InChI is InChI=1S/C15H15FN2O2S/c1-21-14-5-3-2-4-13(14)20-9-15(19)18-12-7-6-10(16)8-11(12)17/h2-8H,9,17H2,1H3,(H,18,19). The molecule has 0 saturated heterocycles. The number of para-hydroxylation sites is 1. The average Bonchev–Trinajstić information content (AvgIpc) is 2.48. The molecule has 4 nitrogen and oxygen atoms in total. The van der Waals surface area contributed by atoms with Gasteiger partial charge >= 0.3 is 0 Å². The van der Waals surface area contributed by atoms with Crippen molar-refractivity contribution in [3.8, 4) is 5.75 Å². The highest BCUT2D eigenvalue weighted by Crippen LogP contribution is 2.26. The first-order valence-corrected chi connectivity index (χ1v) is 7.43. The smallest absolute Gasteiger partial charge is 0.262 e. The number of nitrogens with one attached hydrogen (secondary N) is 1. The average molecular weight is 306 g/mol. The van der Waals surface area contributed by atoms with Crippen molar-refractivity contribution in [1.82, 2.24) is 0 Å². The van der Waals surface area contributed by atoms with Crippen LogP contribution in [0.1, 0.15) is 0 Å². The summed E-state index contributed by atoms with van der Waals surface area (Å²) in [4.78, 5) is 12.8. The van der Waals surface area contributed by atoms with Gasteiger partial charge in [0.1, 0.15) is 11.6 Å². The largest absolute Gasteiger partial charge is 0.483 e. The molecule has 6 heteroatoms. The number of amides is 1. The first kappa shape index (κ1) is 15.2. The minimum atomic E-state index is -0.448. The zero-order valence-corrected chi connectivity index (χ0v) is 12.2. The Bertz CT molecular complexity index is 649. The summed E-state index contributed by atoms with van der Waals surface area (Å²) in [5.74, 6) is -0.160. The summed E-state index contributed by atoms with van der Waals surface area (Å²) in [7, 11) is 0. The van der Waals surface area contributed by atoms with E-state index in [1.54, 1.807) is 6.07 Å². The highest BCUT2D eigenvalue weighted by molar-refractivity contribution is 7.98. The van der Waals surface area contributed by atoms with E-state index >= 15 is 0 Å². The molecule has 0 heterocycles. The Kier molecular flexibility index (Phi) is 5.05. The van der Waals surface area contributed by atoms with Gasteiger partial charge in [0, 0.05) is 4.90 Å². The molecule has 0 atom stereocenters. The number of nitrogen functional groups attached to an aromatic ring is 1. The molecule has 0 aromatic heterocycles. The third kappa shape index (κ3) is 4.13. The molecular formula is C15H15FN2O2S. The van der Waals surface area contributed by atoms with Gasteiger partial charge in [-0.2, -0.15) is 0 Å². The van der Waals surface area contributed by atoms with Gasteiger partial charge in [0.05, 0.1) is 11.4 Å². The number of rotatable bonds is 5. The van der Waals surface area contributed by atoms with E-state index < -0.39 is 5.82 Å². The predicted octanol–water partition coefficient (Wildman–Crippen LogP) is 3.15. The van der Waals surface area contributed by atoms with Gasteiger partial charge in [-0.05, 0) is 36.6 Å². The van der Waals surface area contributed by atoms with E-state index in [4.69, 9.17) is 10.5 Å². The SMILES string of the molecule is CSc1ccccc1OCC(=O)Nc1ccc(F)cc1N. The maximum absolute atomic E-state index is 12.9. The summed E-state index contributed by atoms with van der Waals surface area (Å²) in [6.07, 6.45) is 1.93. The van der Waals surface area contributed by atoms with Crippen molar-refractivity contribution in [3.63, 3.8) is 0 Å². The molecule has 1 amide bonds. The van der Waals surface area contributed by atoms with E-state index in [0.29, 0.717) is 11.4 Å². The Hall–Kier alpha value is -2.21. The lowest BCUT2D eigenvalue weighted by atomic mass is 10.2. The van der Waals surface area contributed by atoms with Crippen molar-refractivity contribution in [3.05, 3.63) is 48.3 Å². The van der Waals surface area contributed by atoms with Crippen LogP contribution in [-0.4, -0.2) is 18.8 Å². The Morgan fingerprint density at radius 1 is 1.33 bits per heavy atom. The maximum atomic E-state index is 12.9. The van der Waals surface area contributed by atoms with Crippen LogP contribution >= 0.6 is 11.8 Å². The molecule has 0 bridgehead atoms. The summed E-state index contributed by atoms with van der Waals surface area (Å²) < 4.78 is 18.4. The highest BCUT2D eigenvalue weighted by Gasteiger charge is 2.08. The van der Waals surface area contributed by atoms with Crippen molar-refractivity contribution >= 4 is 29.0 Å². The Balaban J connectivity index is 1.96. The number of nitrogens with two attached hydrogens (primary N) is 1. The van der Waals surface area contributed by atoms with Crippen LogP contribution in [-0.2, 0) is 4.79 Å². The third-order valence-corrected chi connectivity index (χ3v) is 3.49. The fraction of sp³-hybridized carbons (Fsp3) is 0.133. The quantitative estimate of drug-likeness (QED) is 0.658. The first-order chi connectivity index (χ1) is 10.1. The Labute approximate surface area is 126 Å². The first-order valence-electron chi connectivity index (χ1n) is 6.21. The summed E-state index contributed by atoms with van der Waals surface area (Å²) in [6.45, 7) is -0.144. The summed E-state index contributed by atoms with van der Waals surface area (Å²) in [6, 6.07) is 11.2. The lowest BCUT2D eigenvalue weighted by molar-refractivity contribution is -0.118. The molecule has 110 valence electrons. The van der Waals surface area contributed by atoms with Crippen LogP contribution in [0.4, 0.5) is 15.8 Å². The van der Waals surface area contributed by atoms with E-state index in [1.165, 1.54) is 23.9 Å². The highest BCUT2D eigenvalue weighted by atomic mass is 32.2. The van der Waals surface area contributed by atoms with Gasteiger partial charge in [-0.3, -0.25) is 4.79 Å². The zero-order valence-electron chi connectivity index (χ0n) is 11.4. The number of carbonyl (C=O) groups is 1. The second-order valence-electron chi connectivity index (χ2n) is 4.22. The molecule has 0 radical (unpaired) electrons. The molecule has 2 aromatic carbocycles. The Morgan fingerprint density at radius 3 is 2.81 bits per heavy atom. The molecule has 2 rings (SSSR count). The van der Waals surface area contributed by atoms with Crippen LogP contribution in [0.5, 0.6) is 5.75 Å². The number of halogens is 1.